The molecule has 3 heteroatoms. The summed E-state index contributed by atoms with van der Waals surface area (Å²) in [7, 11) is 0. The number of ether oxygens (including phenoxy) is 2. The molecular weight excluding hydrogens is 208 g/mol. The van der Waals surface area contributed by atoms with Crippen LogP contribution in [0, 0.1) is 13.8 Å². The van der Waals surface area contributed by atoms with Crippen LogP contribution in [0.4, 0.5) is 0 Å². The SMILES string of the molecule is C=CC1=C(C=C)Oc2c(C)sc(C)c2O1. The van der Waals surface area contributed by atoms with E-state index in [1.807, 2.05) is 13.8 Å². The van der Waals surface area contributed by atoms with Gasteiger partial charge in [-0.05, 0) is 26.0 Å². The van der Waals surface area contributed by atoms with E-state index in [4.69, 9.17) is 9.47 Å². The zero-order chi connectivity index (χ0) is 11.0. The molecule has 0 saturated heterocycles. The standard InChI is InChI=1S/C12H12O2S/c1-5-9-10(6-2)14-12-8(4)15-7(3)11(12)13-9/h5-6H,1-2H2,3-4H3. The van der Waals surface area contributed by atoms with Crippen LogP contribution >= 0.6 is 11.3 Å². The largest absolute Gasteiger partial charge is 0.448 e. The second-order valence-electron chi connectivity index (χ2n) is 3.21. The van der Waals surface area contributed by atoms with Crippen LogP contribution in [-0.4, -0.2) is 0 Å². The van der Waals surface area contributed by atoms with Crippen LogP contribution in [0.5, 0.6) is 11.5 Å². The number of aryl methyl sites for hydroxylation is 2. The highest BCUT2D eigenvalue weighted by Gasteiger charge is 2.24. The van der Waals surface area contributed by atoms with E-state index in [1.54, 1.807) is 23.5 Å². The molecule has 0 aliphatic carbocycles. The Labute approximate surface area is 93.1 Å². The Morgan fingerprint density at radius 3 is 1.67 bits per heavy atom. The van der Waals surface area contributed by atoms with Crippen molar-refractivity contribution >= 4 is 11.3 Å². The van der Waals surface area contributed by atoms with Gasteiger partial charge in [-0.3, -0.25) is 0 Å². The fraction of sp³-hybridized carbons (Fsp3) is 0.167. The second kappa shape index (κ2) is 3.59. The fourth-order valence-corrected chi connectivity index (χ4v) is 2.40. The molecule has 1 aliphatic rings. The van der Waals surface area contributed by atoms with Gasteiger partial charge in [-0.1, -0.05) is 13.2 Å². The van der Waals surface area contributed by atoms with Crippen LogP contribution in [0.15, 0.2) is 36.8 Å². The number of hydrogen-bond donors (Lipinski definition) is 0. The summed E-state index contributed by atoms with van der Waals surface area (Å²) in [6.45, 7) is 11.4. The van der Waals surface area contributed by atoms with Gasteiger partial charge in [0.1, 0.15) is 0 Å². The highest BCUT2D eigenvalue weighted by Crippen LogP contribution is 2.45. The zero-order valence-electron chi connectivity index (χ0n) is 8.79. The summed E-state index contributed by atoms with van der Waals surface area (Å²) in [4.78, 5) is 2.23. The molecule has 0 saturated carbocycles. The van der Waals surface area contributed by atoms with E-state index in [0.29, 0.717) is 11.5 Å². The number of hydrogen-bond acceptors (Lipinski definition) is 3. The molecule has 0 radical (unpaired) electrons. The maximum absolute atomic E-state index is 5.71. The Kier molecular flexibility index (Phi) is 2.40. The molecule has 1 aliphatic heterocycles. The van der Waals surface area contributed by atoms with Gasteiger partial charge in [-0.2, -0.15) is 0 Å². The van der Waals surface area contributed by atoms with Crippen LogP contribution in [-0.2, 0) is 0 Å². The highest BCUT2D eigenvalue weighted by atomic mass is 32.1. The Morgan fingerprint density at radius 2 is 1.33 bits per heavy atom. The van der Waals surface area contributed by atoms with Gasteiger partial charge in [0.15, 0.2) is 23.0 Å². The van der Waals surface area contributed by atoms with Crippen LogP contribution in [0.3, 0.4) is 0 Å². The van der Waals surface area contributed by atoms with Crippen molar-refractivity contribution in [2.75, 3.05) is 0 Å². The molecule has 0 N–H and O–H groups in total. The van der Waals surface area contributed by atoms with Gasteiger partial charge >= 0.3 is 0 Å². The second-order valence-corrected chi connectivity index (χ2v) is 4.64. The summed E-state index contributed by atoms with van der Waals surface area (Å²) in [5.41, 5.74) is 0. The maximum Gasteiger partial charge on any atom is 0.184 e. The van der Waals surface area contributed by atoms with E-state index in [-0.39, 0.29) is 0 Å². The average Bonchev–Trinajstić information content (AvgIpc) is 2.52. The first kappa shape index (κ1) is 10.1. The number of thiophene rings is 1. The minimum atomic E-state index is 0.624. The highest BCUT2D eigenvalue weighted by molar-refractivity contribution is 7.12. The van der Waals surface area contributed by atoms with E-state index >= 15 is 0 Å². The molecule has 0 unspecified atom stereocenters. The quantitative estimate of drug-likeness (QED) is 0.756. The van der Waals surface area contributed by atoms with Gasteiger partial charge in [-0.15, -0.1) is 11.3 Å². The molecule has 1 aromatic rings. The molecule has 2 rings (SSSR count). The van der Waals surface area contributed by atoms with Crippen LogP contribution in [0.25, 0.3) is 0 Å². The van der Waals surface area contributed by atoms with Crippen molar-refractivity contribution in [2.45, 2.75) is 13.8 Å². The Balaban J connectivity index is 2.52. The molecule has 0 spiro atoms. The van der Waals surface area contributed by atoms with Crippen molar-refractivity contribution in [1.82, 2.24) is 0 Å². The molecule has 2 heterocycles. The third-order valence-electron chi connectivity index (χ3n) is 2.19. The van der Waals surface area contributed by atoms with Gasteiger partial charge in [0, 0.05) is 9.75 Å². The lowest BCUT2D eigenvalue weighted by molar-refractivity contribution is 0.316. The summed E-state index contributed by atoms with van der Waals surface area (Å²) < 4.78 is 11.4. The lowest BCUT2D eigenvalue weighted by atomic mass is 10.3. The van der Waals surface area contributed by atoms with E-state index in [9.17, 15) is 0 Å². The molecule has 1 aromatic heterocycles. The molecule has 0 bridgehead atoms. The molecule has 0 aromatic carbocycles. The predicted octanol–water partition coefficient (Wildman–Crippen LogP) is 3.72. The van der Waals surface area contributed by atoms with Crippen molar-refractivity contribution < 1.29 is 9.47 Å². The van der Waals surface area contributed by atoms with E-state index in [1.165, 1.54) is 0 Å². The monoisotopic (exact) mass is 220 g/mol. The first-order valence-electron chi connectivity index (χ1n) is 4.62. The summed E-state index contributed by atoms with van der Waals surface area (Å²) in [6, 6.07) is 0. The van der Waals surface area contributed by atoms with Crippen molar-refractivity contribution in [2.24, 2.45) is 0 Å². The Bertz CT molecular complexity index is 426. The van der Waals surface area contributed by atoms with Crippen LogP contribution in [0.1, 0.15) is 9.75 Å². The predicted molar refractivity (Wildman–Crippen MR) is 62.5 cm³/mol. The summed E-state index contributed by atoms with van der Waals surface area (Å²) in [5, 5.41) is 0. The summed E-state index contributed by atoms with van der Waals surface area (Å²) >= 11 is 1.66. The lowest BCUT2D eigenvalue weighted by Gasteiger charge is -2.18. The van der Waals surface area contributed by atoms with Gasteiger partial charge in [-0.25, -0.2) is 0 Å². The minimum absolute atomic E-state index is 0.624. The van der Waals surface area contributed by atoms with Crippen molar-refractivity contribution in [3.63, 3.8) is 0 Å². The lowest BCUT2D eigenvalue weighted by Crippen LogP contribution is -2.08. The average molecular weight is 220 g/mol. The van der Waals surface area contributed by atoms with Gasteiger partial charge in [0.2, 0.25) is 0 Å². The smallest absolute Gasteiger partial charge is 0.184 e. The van der Waals surface area contributed by atoms with Gasteiger partial charge in [0.05, 0.1) is 0 Å². The Hall–Kier alpha value is -1.48. The number of allylic oxidation sites excluding steroid dienone is 2. The molecule has 78 valence electrons. The first-order chi connectivity index (χ1) is 7.17. The van der Waals surface area contributed by atoms with Gasteiger partial charge in [0.25, 0.3) is 0 Å². The fourth-order valence-electron chi connectivity index (χ4n) is 1.48. The van der Waals surface area contributed by atoms with Crippen molar-refractivity contribution in [3.8, 4) is 11.5 Å². The van der Waals surface area contributed by atoms with E-state index in [0.717, 1.165) is 21.3 Å². The first-order valence-corrected chi connectivity index (χ1v) is 5.44. The molecule has 2 nitrogen and oxygen atoms in total. The van der Waals surface area contributed by atoms with Crippen LogP contribution in [0.2, 0.25) is 0 Å². The van der Waals surface area contributed by atoms with E-state index < -0.39 is 0 Å². The number of fused-ring (bicyclic) bond motifs is 1. The number of rotatable bonds is 2. The molecule has 0 atom stereocenters. The summed E-state index contributed by atoms with van der Waals surface area (Å²) in [5.74, 6) is 2.85. The molecule has 0 fully saturated rings. The maximum atomic E-state index is 5.71. The van der Waals surface area contributed by atoms with Crippen LogP contribution < -0.4 is 9.47 Å². The van der Waals surface area contributed by atoms with Crippen molar-refractivity contribution in [1.29, 1.82) is 0 Å². The van der Waals surface area contributed by atoms with Gasteiger partial charge < -0.3 is 9.47 Å². The third kappa shape index (κ3) is 1.49. The molecular formula is C12H12O2S. The molecule has 0 amide bonds. The topological polar surface area (TPSA) is 18.5 Å². The Morgan fingerprint density at radius 1 is 0.933 bits per heavy atom. The zero-order valence-corrected chi connectivity index (χ0v) is 9.61. The normalized spacial score (nSPS) is 14.0. The third-order valence-corrected chi connectivity index (χ3v) is 3.17. The summed E-state index contributed by atoms with van der Waals surface area (Å²) in [6.07, 6.45) is 3.26. The van der Waals surface area contributed by atoms with E-state index in [2.05, 4.69) is 13.2 Å². The minimum Gasteiger partial charge on any atom is -0.448 e. The molecule has 15 heavy (non-hydrogen) atoms. The van der Waals surface area contributed by atoms with Crippen molar-refractivity contribution in [3.05, 3.63) is 46.6 Å².